The number of sulfonamides is 1. The Morgan fingerprint density at radius 2 is 1.71 bits per heavy atom. The lowest BCUT2D eigenvalue weighted by atomic mass is 10.1. The van der Waals surface area contributed by atoms with Gasteiger partial charge in [-0.1, -0.05) is 61.3 Å². The molecule has 1 N–H and O–H groups in total. The Labute approximate surface area is 208 Å². The van der Waals surface area contributed by atoms with Crippen LogP contribution in [0.1, 0.15) is 43.4 Å². The van der Waals surface area contributed by atoms with Crippen molar-refractivity contribution in [3.05, 3.63) is 64.2 Å². The number of nitrogens with one attached hydrogen (secondary N) is 1. The summed E-state index contributed by atoms with van der Waals surface area (Å²) in [6.45, 7) is 7.75. The van der Waals surface area contributed by atoms with Gasteiger partial charge < -0.3 is 10.2 Å². The van der Waals surface area contributed by atoms with E-state index in [1.165, 1.54) is 11.0 Å². The van der Waals surface area contributed by atoms with E-state index in [1.807, 2.05) is 45.0 Å². The van der Waals surface area contributed by atoms with E-state index in [2.05, 4.69) is 5.32 Å². The highest BCUT2D eigenvalue weighted by Crippen LogP contribution is 2.27. The van der Waals surface area contributed by atoms with Crippen LogP contribution in [-0.4, -0.2) is 50.5 Å². The molecular weight excluding hydrogens is 474 g/mol. The molecule has 0 spiro atoms. The molecule has 9 heteroatoms. The Bertz CT molecular complexity index is 1100. The Hall–Kier alpha value is -2.58. The summed E-state index contributed by atoms with van der Waals surface area (Å²) >= 11 is 6.12. The Morgan fingerprint density at radius 1 is 1.06 bits per heavy atom. The van der Waals surface area contributed by atoms with Crippen LogP contribution in [0.5, 0.6) is 0 Å². The van der Waals surface area contributed by atoms with Gasteiger partial charge in [0.1, 0.15) is 12.6 Å². The SMILES string of the molecule is CCCNC(=O)[C@@H](CC)N(Cc1ccc(C)cc1)C(=O)CN(c1cc(Cl)ccc1C)S(C)(=O)=O. The molecule has 0 radical (unpaired) electrons. The van der Waals surface area contributed by atoms with Crippen molar-refractivity contribution in [1.29, 1.82) is 0 Å². The van der Waals surface area contributed by atoms with Crippen molar-refractivity contribution in [3.63, 3.8) is 0 Å². The van der Waals surface area contributed by atoms with Gasteiger partial charge in [0.2, 0.25) is 21.8 Å². The number of benzene rings is 2. The van der Waals surface area contributed by atoms with Crippen molar-refractivity contribution in [3.8, 4) is 0 Å². The molecule has 2 amide bonds. The molecule has 0 fully saturated rings. The van der Waals surface area contributed by atoms with Gasteiger partial charge in [-0.05, 0) is 49.9 Å². The van der Waals surface area contributed by atoms with Crippen LogP contribution in [0.25, 0.3) is 0 Å². The van der Waals surface area contributed by atoms with Crippen LogP contribution >= 0.6 is 11.6 Å². The highest BCUT2D eigenvalue weighted by atomic mass is 35.5. The Kier molecular flexibility index (Phi) is 9.94. The first-order valence-corrected chi connectivity index (χ1v) is 13.6. The van der Waals surface area contributed by atoms with Crippen LogP contribution in [-0.2, 0) is 26.2 Å². The van der Waals surface area contributed by atoms with E-state index in [0.29, 0.717) is 29.2 Å². The second-order valence-electron chi connectivity index (χ2n) is 8.42. The fraction of sp³-hybridized carbons (Fsp3) is 0.440. The molecule has 2 rings (SSSR count). The molecule has 2 aromatic rings. The average molecular weight is 508 g/mol. The van der Waals surface area contributed by atoms with Crippen molar-refractivity contribution >= 4 is 39.1 Å². The van der Waals surface area contributed by atoms with Crippen LogP contribution < -0.4 is 9.62 Å². The van der Waals surface area contributed by atoms with Gasteiger partial charge in [-0.3, -0.25) is 13.9 Å². The third kappa shape index (κ3) is 7.46. The van der Waals surface area contributed by atoms with E-state index in [0.717, 1.165) is 28.1 Å². The van der Waals surface area contributed by atoms with E-state index >= 15 is 0 Å². The summed E-state index contributed by atoms with van der Waals surface area (Å²) < 4.78 is 26.4. The number of anilines is 1. The van der Waals surface area contributed by atoms with Gasteiger partial charge in [-0.2, -0.15) is 0 Å². The minimum absolute atomic E-state index is 0.184. The predicted molar refractivity (Wildman–Crippen MR) is 137 cm³/mol. The van der Waals surface area contributed by atoms with Gasteiger partial charge in [0.25, 0.3) is 0 Å². The van der Waals surface area contributed by atoms with Gasteiger partial charge in [0.05, 0.1) is 11.9 Å². The third-order valence-corrected chi connectivity index (χ3v) is 6.89. The molecule has 0 aliphatic rings. The number of rotatable bonds is 11. The minimum Gasteiger partial charge on any atom is -0.354 e. The van der Waals surface area contributed by atoms with Gasteiger partial charge in [0, 0.05) is 18.1 Å². The number of carbonyl (C=O) groups excluding carboxylic acids is 2. The number of halogens is 1. The van der Waals surface area contributed by atoms with E-state index in [1.54, 1.807) is 19.1 Å². The van der Waals surface area contributed by atoms with Gasteiger partial charge in [-0.25, -0.2) is 8.42 Å². The van der Waals surface area contributed by atoms with Crippen molar-refractivity contribution in [1.82, 2.24) is 10.2 Å². The molecule has 0 saturated heterocycles. The summed E-state index contributed by atoms with van der Waals surface area (Å²) in [6, 6.07) is 11.9. The first-order valence-electron chi connectivity index (χ1n) is 11.3. The van der Waals surface area contributed by atoms with Crippen LogP contribution in [0.2, 0.25) is 5.02 Å². The number of carbonyl (C=O) groups is 2. The van der Waals surface area contributed by atoms with Gasteiger partial charge in [0.15, 0.2) is 0 Å². The highest BCUT2D eigenvalue weighted by molar-refractivity contribution is 7.92. The lowest BCUT2D eigenvalue weighted by molar-refractivity contribution is -0.140. The largest absolute Gasteiger partial charge is 0.354 e. The van der Waals surface area contributed by atoms with Crippen LogP contribution in [0.3, 0.4) is 0 Å². The molecule has 0 heterocycles. The molecule has 0 unspecified atom stereocenters. The molecule has 0 aromatic heterocycles. The fourth-order valence-electron chi connectivity index (χ4n) is 3.62. The predicted octanol–water partition coefficient (Wildman–Crippen LogP) is 4.06. The third-order valence-electron chi connectivity index (χ3n) is 5.53. The number of hydrogen-bond acceptors (Lipinski definition) is 4. The molecule has 34 heavy (non-hydrogen) atoms. The molecule has 2 aromatic carbocycles. The summed E-state index contributed by atoms with van der Waals surface area (Å²) in [5.74, 6) is -0.724. The molecule has 186 valence electrons. The zero-order valence-corrected chi connectivity index (χ0v) is 22.0. The lowest BCUT2D eigenvalue weighted by Gasteiger charge is -2.33. The van der Waals surface area contributed by atoms with E-state index < -0.39 is 28.5 Å². The highest BCUT2D eigenvalue weighted by Gasteiger charge is 2.32. The first-order chi connectivity index (χ1) is 16.0. The van der Waals surface area contributed by atoms with E-state index in [9.17, 15) is 18.0 Å². The first kappa shape index (κ1) is 27.7. The van der Waals surface area contributed by atoms with Crippen LogP contribution in [0.15, 0.2) is 42.5 Å². The molecule has 7 nitrogen and oxygen atoms in total. The zero-order valence-electron chi connectivity index (χ0n) is 20.5. The minimum atomic E-state index is -3.80. The smallest absolute Gasteiger partial charge is 0.244 e. The molecule has 1 atom stereocenters. The molecule has 0 saturated carbocycles. The van der Waals surface area contributed by atoms with Crippen LogP contribution in [0, 0.1) is 13.8 Å². The normalized spacial score (nSPS) is 12.2. The fourth-order valence-corrected chi connectivity index (χ4v) is 4.69. The Morgan fingerprint density at radius 3 is 2.26 bits per heavy atom. The average Bonchev–Trinajstić information content (AvgIpc) is 2.78. The second-order valence-corrected chi connectivity index (χ2v) is 10.8. The van der Waals surface area contributed by atoms with Gasteiger partial charge in [-0.15, -0.1) is 0 Å². The summed E-state index contributed by atoms with van der Waals surface area (Å²) in [7, 11) is -3.80. The monoisotopic (exact) mass is 507 g/mol. The summed E-state index contributed by atoms with van der Waals surface area (Å²) in [4.78, 5) is 28.0. The Balaban J connectivity index is 2.45. The molecule has 0 aliphatic carbocycles. The maximum absolute atomic E-state index is 13.6. The van der Waals surface area contributed by atoms with E-state index in [-0.39, 0.29) is 12.5 Å². The summed E-state index contributed by atoms with van der Waals surface area (Å²) in [6.07, 6.45) is 2.21. The molecule has 0 aliphatic heterocycles. The van der Waals surface area contributed by atoms with Crippen molar-refractivity contribution < 1.29 is 18.0 Å². The number of aryl methyl sites for hydroxylation is 2. The maximum Gasteiger partial charge on any atom is 0.244 e. The number of amides is 2. The molecular formula is C25H34ClN3O4S. The maximum atomic E-state index is 13.6. The molecule has 0 bridgehead atoms. The van der Waals surface area contributed by atoms with Crippen molar-refractivity contribution in [2.45, 2.75) is 53.1 Å². The zero-order chi connectivity index (χ0) is 25.5. The van der Waals surface area contributed by atoms with Crippen LogP contribution in [0.4, 0.5) is 5.69 Å². The second kappa shape index (κ2) is 12.2. The standard InChI is InChI=1S/C25H34ClN3O4S/c1-6-14-27-25(31)22(7-2)28(16-20-11-8-18(3)9-12-20)24(30)17-29(34(5,32)33)23-15-21(26)13-10-19(23)4/h8-13,15,22H,6-7,14,16-17H2,1-5H3,(H,27,31)/t22-/m1/s1. The van der Waals surface area contributed by atoms with E-state index in [4.69, 9.17) is 11.6 Å². The summed E-state index contributed by atoms with van der Waals surface area (Å²) in [5, 5.41) is 3.23. The van der Waals surface area contributed by atoms with Gasteiger partial charge >= 0.3 is 0 Å². The number of hydrogen-bond donors (Lipinski definition) is 1. The quantitative estimate of drug-likeness (QED) is 0.497. The number of nitrogens with zero attached hydrogens (tertiary/aromatic N) is 2. The topological polar surface area (TPSA) is 86.8 Å². The van der Waals surface area contributed by atoms with Crippen molar-refractivity contribution in [2.75, 3.05) is 23.7 Å². The lowest BCUT2D eigenvalue weighted by Crippen LogP contribution is -2.52. The van der Waals surface area contributed by atoms with Crippen molar-refractivity contribution in [2.24, 2.45) is 0 Å². The summed E-state index contributed by atoms with van der Waals surface area (Å²) in [5.41, 5.74) is 2.93.